The lowest BCUT2D eigenvalue weighted by molar-refractivity contribution is -0.132. The highest BCUT2D eigenvalue weighted by Crippen LogP contribution is 2.43. The minimum absolute atomic E-state index is 0.0524. The second-order valence-corrected chi connectivity index (χ2v) is 8.14. The Hall–Kier alpha value is -3.84. The number of hydrogen-bond donors (Lipinski definition) is 1. The number of rotatable bonds is 5. The van der Waals surface area contributed by atoms with Crippen LogP contribution in [-0.4, -0.2) is 43.0 Å². The maximum Gasteiger partial charge on any atom is 0.300 e. The topological polar surface area (TPSA) is 83.0 Å². The number of benzene rings is 2. The van der Waals surface area contributed by atoms with E-state index in [0.717, 1.165) is 5.69 Å². The van der Waals surface area contributed by atoms with Crippen LogP contribution in [0.15, 0.2) is 72.6 Å². The molecule has 1 aromatic heterocycles. The van der Waals surface area contributed by atoms with Crippen molar-refractivity contribution in [3.8, 4) is 5.75 Å². The fraction of sp³-hybridized carbons (Fsp3) is 0.160. The fourth-order valence-electron chi connectivity index (χ4n) is 3.88. The molecule has 3 aromatic rings. The summed E-state index contributed by atoms with van der Waals surface area (Å²) in [6.07, 6.45) is 3.15. The van der Waals surface area contributed by atoms with Crippen molar-refractivity contribution in [1.29, 1.82) is 0 Å². The summed E-state index contributed by atoms with van der Waals surface area (Å²) in [5.41, 5.74) is 2.28. The average molecular weight is 464 g/mol. The van der Waals surface area contributed by atoms with Gasteiger partial charge in [0.1, 0.15) is 11.5 Å². The van der Waals surface area contributed by atoms with Gasteiger partial charge in [-0.1, -0.05) is 11.6 Å². The number of nitrogens with zero attached hydrogens (tertiary/aromatic N) is 3. The lowest BCUT2D eigenvalue weighted by Gasteiger charge is -2.26. The smallest absolute Gasteiger partial charge is 0.300 e. The number of aromatic nitrogens is 1. The van der Waals surface area contributed by atoms with Crippen LogP contribution in [0.5, 0.6) is 5.75 Å². The molecule has 1 amide bonds. The third-order valence-corrected chi connectivity index (χ3v) is 5.76. The second-order valence-electron chi connectivity index (χ2n) is 7.71. The third kappa shape index (κ3) is 4.03. The van der Waals surface area contributed by atoms with Gasteiger partial charge in [-0.25, -0.2) is 0 Å². The Morgan fingerprint density at radius 3 is 2.33 bits per heavy atom. The van der Waals surface area contributed by atoms with Gasteiger partial charge >= 0.3 is 0 Å². The fourth-order valence-corrected chi connectivity index (χ4v) is 4.05. The molecule has 33 heavy (non-hydrogen) atoms. The second kappa shape index (κ2) is 8.96. The van der Waals surface area contributed by atoms with Gasteiger partial charge in [0.25, 0.3) is 11.7 Å². The number of ether oxygens (including phenoxy) is 1. The zero-order chi connectivity index (χ0) is 23.7. The number of ketones is 1. The van der Waals surface area contributed by atoms with Crippen LogP contribution in [0.4, 0.5) is 11.4 Å². The zero-order valence-electron chi connectivity index (χ0n) is 18.3. The molecule has 1 atom stereocenters. The molecule has 4 rings (SSSR count). The number of hydrogen-bond acceptors (Lipinski definition) is 6. The van der Waals surface area contributed by atoms with Gasteiger partial charge in [0.05, 0.1) is 24.3 Å². The SMILES string of the molecule is COc1ccc(Cl)cc1/C(O)=C1\C(=O)C(=O)N(c2ccc(N(C)C)cc2)C1c1ccncc1. The van der Waals surface area contributed by atoms with Crippen LogP contribution in [0.3, 0.4) is 0 Å². The average Bonchev–Trinajstić information content (AvgIpc) is 3.09. The van der Waals surface area contributed by atoms with E-state index < -0.39 is 17.7 Å². The van der Waals surface area contributed by atoms with E-state index in [1.807, 2.05) is 31.1 Å². The van der Waals surface area contributed by atoms with E-state index in [1.54, 1.807) is 48.8 Å². The molecule has 8 heteroatoms. The van der Waals surface area contributed by atoms with Crippen molar-refractivity contribution in [3.05, 3.63) is 88.7 Å². The van der Waals surface area contributed by atoms with Crippen LogP contribution in [0.1, 0.15) is 17.2 Å². The summed E-state index contributed by atoms with van der Waals surface area (Å²) in [6.45, 7) is 0. The molecule has 1 fully saturated rings. The molecule has 1 aliphatic heterocycles. The summed E-state index contributed by atoms with van der Waals surface area (Å²) in [6, 6.07) is 14.5. The Kier molecular flexibility index (Phi) is 6.07. The van der Waals surface area contributed by atoms with E-state index in [-0.39, 0.29) is 16.9 Å². The number of aliphatic hydroxyl groups excluding tert-OH is 1. The van der Waals surface area contributed by atoms with Crippen molar-refractivity contribution in [3.63, 3.8) is 0 Å². The molecule has 0 bridgehead atoms. The Bertz CT molecular complexity index is 1240. The van der Waals surface area contributed by atoms with E-state index in [2.05, 4.69) is 4.98 Å². The van der Waals surface area contributed by atoms with Gasteiger partial charge in [-0.3, -0.25) is 19.5 Å². The maximum absolute atomic E-state index is 13.2. The molecule has 0 radical (unpaired) electrons. The Morgan fingerprint density at radius 2 is 1.73 bits per heavy atom. The number of halogens is 1. The van der Waals surface area contributed by atoms with Crippen LogP contribution in [0, 0.1) is 0 Å². The number of aliphatic hydroxyl groups is 1. The van der Waals surface area contributed by atoms with Gasteiger partial charge in [-0.2, -0.15) is 0 Å². The van der Waals surface area contributed by atoms with Crippen molar-refractivity contribution in [2.45, 2.75) is 6.04 Å². The molecule has 0 spiro atoms. The molecule has 168 valence electrons. The monoisotopic (exact) mass is 463 g/mol. The van der Waals surface area contributed by atoms with Gasteiger partial charge in [0.15, 0.2) is 0 Å². The summed E-state index contributed by atoms with van der Waals surface area (Å²) >= 11 is 6.14. The molecule has 7 nitrogen and oxygen atoms in total. The highest BCUT2D eigenvalue weighted by molar-refractivity contribution is 6.51. The number of carbonyl (C=O) groups excluding carboxylic acids is 2. The number of pyridine rings is 1. The highest BCUT2D eigenvalue weighted by Gasteiger charge is 2.47. The van der Waals surface area contributed by atoms with Crippen molar-refractivity contribution in [2.24, 2.45) is 0 Å². The first-order valence-electron chi connectivity index (χ1n) is 10.2. The predicted molar refractivity (Wildman–Crippen MR) is 128 cm³/mol. The largest absolute Gasteiger partial charge is 0.507 e. The quantitative estimate of drug-likeness (QED) is 0.342. The molecule has 2 aromatic carbocycles. The van der Waals surface area contributed by atoms with Gasteiger partial charge in [0, 0.05) is 42.9 Å². The number of anilines is 2. The molecular weight excluding hydrogens is 442 g/mol. The number of amides is 1. The Morgan fingerprint density at radius 1 is 1.06 bits per heavy atom. The third-order valence-electron chi connectivity index (χ3n) is 5.53. The molecular formula is C25H22ClN3O4. The molecule has 2 heterocycles. The normalized spacial score (nSPS) is 17.3. The predicted octanol–water partition coefficient (Wildman–Crippen LogP) is 4.44. The highest BCUT2D eigenvalue weighted by atomic mass is 35.5. The van der Waals surface area contributed by atoms with Gasteiger partial charge in [0.2, 0.25) is 0 Å². The van der Waals surface area contributed by atoms with E-state index >= 15 is 0 Å². The number of carbonyl (C=O) groups is 2. The van der Waals surface area contributed by atoms with Crippen molar-refractivity contribution in [2.75, 3.05) is 31.0 Å². The molecule has 1 saturated heterocycles. The van der Waals surface area contributed by atoms with Crippen LogP contribution >= 0.6 is 11.6 Å². The lowest BCUT2D eigenvalue weighted by atomic mass is 9.95. The summed E-state index contributed by atoms with van der Waals surface area (Å²) in [7, 11) is 5.28. The first kappa shape index (κ1) is 22.4. The number of Topliss-reactive ketones (excluding diaryl/α,β-unsaturated/α-hetero) is 1. The molecule has 0 saturated carbocycles. The van der Waals surface area contributed by atoms with E-state index in [0.29, 0.717) is 22.0 Å². The Balaban J connectivity index is 1.94. The standard InChI is InChI=1S/C25H22ClN3O4/c1-28(2)17-5-7-18(8-6-17)29-22(15-10-12-27-13-11-15)21(24(31)25(29)32)23(30)19-14-16(26)4-9-20(19)33-3/h4-14,22,30H,1-3H3/b23-21+. The summed E-state index contributed by atoms with van der Waals surface area (Å²) in [4.78, 5) is 33.8. The molecule has 0 aliphatic carbocycles. The molecule has 1 N–H and O–H groups in total. The van der Waals surface area contributed by atoms with Crippen LogP contribution in [0.25, 0.3) is 5.76 Å². The first-order chi connectivity index (χ1) is 15.8. The lowest BCUT2D eigenvalue weighted by Crippen LogP contribution is -2.29. The minimum Gasteiger partial charge on any atom is -0.507 e. The van der Waals surface area contributed by atoms with Gasteiger partial charge in [-0.15, -0.1) is 0 Å². The minimum atomic E-state index is -0.859. The zero-order valence-corrected chi connectivity index (χ0v) is 19.1. The molecule has 1 unspecified atom stereocenters. The van der Waals surface area contributed by atoms with Crippen LogP contribution < -0.4 is 14.5 Å². The first-order valence-corrected chi connectivity index (χ1v) is 10.5. The summed E-state index contributed by atoms with van der Waals surface area (Å²) < 4.78 is 5.35. The summed E-state index contributed by atoms with van der Waals surface area (Å²) in [5.74, 6) is -1.57. The van der Waals surface area contributed by atoms with Crippen molar-refractivity contribution < 1.29 is 19.4 Å². The van der Waals surface area contributed by atoms with Crippen LogP contribution in [-0.2, 0) is 9.59 Å². The summed E-state index contributed by atoms with van der Waals surface area (Å²) in [5, 5.41) is 11.6. The van der Waals surface area contributed by atoms with Crippen LogP contribution in [0.2, 0.25) is 5.02 Å². The van der Waals surface area contributed by atoms with Gasteiger partial charge < -0.3 is 14.7 Å². The molecule has 1 aliphatic rings. The van der Waals surface area contributed by atoms with E-state index in [9.17, 15) is 14.7 Å². The maximum atomic E-state index is 13.2. The van der Waals surface area contributed by atoms with Crippen molar-refractivity contribution in [1.82, 2.24) is 4.98 Å². The number of methoxy groups -OCH3 is 1. The van der Waals surface area contributed by atoms with E-state index in [1.165, 1.54) is 18.1 Å². The van der Waals surface area contributed by atoms with Crippen molar-refractivity contribution >= 4 is 40.4 Å². The van der Waals surface area contributed by atoms with E-state index in [4.69, 9.17) is 16.3 Å². The van der Waals surface area contributed by atoms with Gasteiger partial charge in [-0.05, 0) is 60.2 Å². The Labute approximate surface area is 196 Å².